The van der Waals surface area contributed by atoms with Gasteiger partial charge in [-0.05, 0) is 18.2 Å². The van der Waals surface area contributed by atoms with Crippen LogP contribution in [0.15, 0.2) is 36.7 Å². The number of nitrogens with zero attached hydrogens (tertiary/aromatic N) is 2. The number of aromatic nitrogens is 2. The molecular formula is C10H7F2N3. The maximum absolute atomic E-state index is 12.8. The number of benzene rings is 1. The van der Waals surface area contributed by atoms with Gasteiger partial charge in [-0.2, -0.15) is 0 Å². The van der Waals surface area contributed by atoms with Crippen LogP contribution in [0, 0.1) is 11.6 Å². The van der Waals surface area contributed by atoms with Crippen molar-refractivity contribution in [2.24, 2.45) is 0 Å². The molecule has 0 atom stereocenters. The van der Waals surface area contributed by atoms with E-state index >= 15 is 0 Å². The molecule has 0 aliphatic heterocycles. The quantitative estimate of drug-likeness (QED) is 0.822. The maximum Gasteiger partial charge on any atom is 0.227 e. The van der Waals surface area contributed by atoms with Crippen LogP contribution in [-0.2, 0) is 0 Å². The van der Waals surface area contributed by atoms with Crippen LogP contribution in [0.4, 0.5) is 20.4 Å². The second kappa shape index (κ2) is 4.00. The number of hydrogen-bond donors (Lipinski definition) is 1. The summed E-state index contributed by atoms with van der Waals surface area (Å²) in [7, 11) is 0. The molecule has 0 saturated carbocycles. The van der Waals surface area contributed by atoms with Crippen molar-refractivity contribution in [2.75, 3.05) is 5.32 Å². The van der Waals surface area contributed by atoms with Crippen molar-refractivity contribution < 1.29 is 8.78 Å². The van der Waals surface area contributed by atoms with Gasteiger partial charge in [0, 0.05) is 24.1 Å². The minimum Gasteiger partial charge on any atom is -0.324 e. The molecule has 15 heavy (non-hydrogen) atoms. The van der Waals surface area contributed by atoms with Crippen molar-refractivity contribution in [3.8, 4) is 0 Å². The third kappa shape index (κ3) is 2.25. The molecule has 2 aromatic rings. The van der Waals surface area contributed by atoms with Gasteiger partial charge in [-0.25, -0.2) is 18.7 Å². The van der Waals surface area contributed by atoms with Crippen molar-refractivity contribution >= 4 is 11.6 Å². The zero-order chi connectivity index (χ0) is 10.7. The number of hydrogen-bond acceptors (Lipinski definition) is 3. The Hall–Kier alpha value is -2.04. The van der Waals surface area contributed by atoms with Crippen molar-refractivity contribution in [1.82, 2.24) is 9.97 Å². The Morgan fingerprint density at radius 3 is 2.40 bits per heavy atom. The van der Waals surface area contributed by atoms with Gasteiger partial charge in [0.25, 0.3) is 0 Å². The predicted molar refractivity (Wildman–Crippen MR) is 51.7 cm³/mol. The SMILES string of the molecule is Fc1ccc(Nc2ncccn2)cc1F. The summed E-state index contributed by atoms with van der Waals surface area (Å²) in [5, 5.41) is 2.74. The third-order valence-electron chi connectivity index (χ3n) is 1.74. The first-order valence-corrected chi connectivity index (χ1v) is 4.25. The standard InChI is InChI=1S/C10H7F2N3/c11-8-3-2-7(6-9(8)12)15-10-13-4-1-5-14-10/h1-6H,(H,13,14,15). The fourth-order valence-corrected chi connectivity index (χ4v) is 1.07. The van der Waals surface area contributed by atoms with Crippen molar-refractivity contribution in [2.45, 2.75) is 0 Å². The highest BCUT2D eigenvalue weighted by Crippen LogP contribution is 2.15. The lowest BCUT2D eigenvalue weighted by molar-refractivity contribution is 0.509. The summed E-state index contributed by atoms with van der Waals surface area (Å²) in [6.07, 6.45) is 3.10. The normalized spacial score (nSPS) is 10.0. The van der Waals surface area contributed by atoms with E-state index in [4.69, 9.17) is 0 Å². The van der Waals surface area contributed by atoms with Crippen molar-refractivity contribution in [3.05, 3.63) is 48.3 Å². The summed E-state index contributed by atoms with van der Waals surface area (Å²) in [4.78, 5) is 7.78. The van der Waals surface area contributed by atoms with Gasteiger partial charge in [-0.1, -0.05) is 0 Å². The molecule has 1 N–H and O–H groups in total. The molecular weight excluding hydrogens is 200 g/mol. The molecule has 3 nitrogen and oxygen atoms in total. The summed E-state index contributed by atoms with van der Waals surface area (Å²) in [5.74, 6) is -1.45. The summed E-state index contributed by atoms with van der Waals surface area (Å²) in [6, 6.07) is 5.16. The molecule has 5 heteroatoms. The summed E-state index contributed by atoms with van der Waals surface area (Å²) in [5.41, 5.74) is 0.403. The zero-order valence-corrected chi connectivity index (χ0v) is 7.61. The van der Waals surface area contributed by atoms with Gasteiger partial charge >= 0.3 is 0 Å². The van der Waals surface area contributed by atoms with E-state index in [-0.39, 0.29) is 0 Å². The maximum atomic E-state index is 12.8. The monoisotopic (exact) mass is 207 g/mol. The molecule has 76 valence electrons. The van der Waals surface area contributed by atoms with E-state index in [1.807, 2.05) is 0 Å². The van der Waals surface area contributed by atoms with Gasteiger partial charge in [0.1, 0.15) is 0 Å². The molecule has 0 amide bonds. The fourth-order valence-electron chi connectivity index (χ4n) is 1.07. The Morgan fingerprint density at radius 1 is 1.00 bits per heavy atom. The molecule has 0 fully saturated rings. The van der Waals surface area contributed by atoms with E-state index in [1.165, 1.54) is 6.07 Å². The van der Waals surface area contributed by atoms with Gasteiger partial charge in [-0.15, -0.1) is 0 Å². The predicted octanol–water partition coefficient (Wildman–Crippen LogP) is 2.50. The molecule has 0 radical (unpaired) electrons. The highest BCUT2D eigenvalue weighted by atomic mass is 19.2. The highest BCUT2D eigenvalue weighted by Gasteiger charge is 2.02. The van der Waals surface area contributed by atoms with Crippen LogP contribution >= 0.6 is 0 Å². The van der Waals surface area contributed by atoms with E-state index in [0.717, 1.165) is 12.1 Å². The molecule has 0 unspecified atom stereocenters. The molecule has 0 spiro atoms. The van der Waals surface area contributed by atoms with Crippen LogP contribution in [-0.4, -0.2) is 9.97 Å². The van der Waals surface area contributed by atoms with E-state index in [1.54, 1.807) is 18.5 Å². The fraction of sp³-hybridized carbons (Fsp3) is 0. The van der Waals surface area contributed by atoms with Gasteiger partial charge in [0.2, 0.25) is 5.95 Å². The van der Waals surface area contributed by atoms with Crippen LogP contribution in [0.5, 0.6) is 0 Å². The largest absolute Gasteiger partial charge is 0.324 e. The summed E-state index contributed by atoms with van der Waals surface area (Å²) < 4.78 is 25.4. The number of anilines is 2. The highest BCUT2D eigenvalue weighted by molar-refractivity contribution is 5.52. The molecule has 1 heterocycles. The van der Waals surface area contributed by atoms with Crippen molar-refractivity contribution in [1.29, 1.82) is 0 Å². The molecule has 0 aliphatic carbocycles. The lowest BCUT2D eigenvalue weighted by atomic mass is 10.3. The lowest BCUT2D eigenvalue weighted by Crippen LogP contribution is -1.96. The van der Waals surface area contributed by atoms with E-state index < -0.39 is 11.6 Å². The Kier molecular flexibility index (Phi) is 2.53. The first-order chi connectivity index (χ1) is 7.25. The smallest absolute Gasteiger partial charge is 0.227 e. The second-order valence-electron chi connectivity index (χ2n) is 2.83. The topological polar surface area (TPSA) is 37.8 Å². The Bertz CT molecular complexity index is 459. The summed E-state index contributed by atoms with van der Waals surface area (Å²) >= 11 is 0. The van der Waals surface area contributed by atoms with Crippen LogP contribution < -0.4 is 5.32 Å². The molecule has 1 aromatic carbocycles. The first kappa shape index (κ1) is 9.51. The third-order valence-corrected chi connectivity index (χ3v) is 1.74. The zero-order valence-electron chi connectivity index (χ0n) is 7.61. The number of halogens is 2. The van der Waals surface area contributed by atoms with Crippen LogP contribution in [0.2, 0.25) is 0 Å². The van der Waals surface area contributed by atoms with E-state index in [0.29, 0.717) is 11.6 Å². The lowest BCUT2D eigenvalue weighted by Gasteiger charge is -2.03. The molecule has 0 aliphatic rings. The Labute approximate surface area is 84.8 Å². The Balaban J connectivity index is 2.22. The van der Waals surface area contributed by atoms with Gasteiger partial charge in [-0.3, -0.25) is 0 Å². The minimum absolute atomic E-state index is 0.337. The molecule has 0 bridgehead atoms. The van der Waals surface area contributed by atoms with Crippen LogP contribution in [0.1, 0.15) is 0 Å². The second-order valence-corrected chi connectivity index (χ2v) is 2.83. The van der Waals surface area contributed by atoms with Crippen LogP contribution in [0.3, 0.4) is 0 Å². The van der Waals surface area contributed by atoms with E-state index in [2.05, 4.69) is 15.3 Å². The van der Waals surface area contributed by atoms with Crippen molar-refractivity contribution in [3.63, 3.8) is 0 Å². The van der Waals surface area contributed by atoms with Gasteiger partial charge in [0.15, 0.2) is 11.6 Å². The van der Waals surface area contributed by atoms with Gasteiger partial charge < -0.3 is 5.32 Å². The first-order valence-electron chi connectivity index (χ1n) is 4.25. The minimum atomic E-state index is -0.907. The Morgan fingerprint density at radius 2 is 1.73 bits per heavy atom. The average molecular weight is 207 g/mol. The number of nitrogens with one attached hydrogen (secondary N) is 1. The molecule has 2 rings (SSSR count). The molecule has 0 saturated heterocycles. The van der Waals surface area contributed by atoms with Gasteiger partial charge in [0.05, 0.1) is 0 Å². The summed E-state index contributed by atoms with van der Waals surface area (Å²) in [6.45, 7) is 0. The van der Waals surface area contributed by atoms with Crippen LogP contribution in [0.25, 0.3) is 0 Å². The average Bonchev–Trinajstić information content (AvgIpc) is 2.25. The number of rotatable bonds is 2. The van der Waals surface area contributed by atoms with E-state index in [9.17, 15) is 8.78 Å². The molecule has 1 aromatic heterocycles.